The SMILES string of the molecule is Brc1cnc(N2CC(Cn3cc(Br)cn3)C2)nc1. The molecule has 18 heavy (non-hydrogen) atoms. The van der Waals surface area contributed by atoms with Gasteiger partial charge in [0.15, 0.2) is 0 Å². The van der Waals surface area contributed by atoms with Crippen LogP contribution in [0.1, 0.15) is 0 Å². The first-order valence-corrected chi connectivity index (χ1v) is 7.20. The molecule has 1 aliphatic heterocycles. The third-order valence-electron chi connectivity index (χ3n) is 2.89. The Bertz CT molecular complexity index is 533. The van der Waals surface area contributed by atoms with Crippen molar-refractivity contribution >= 4 is 37.8 Å². The van der Waals surface area contributed by atoms with Crippen molar-refractivity contribution in [3.8, 4) is 0 Å². The van der Waals surface area contributed by atoms with Gasteiger partial charge in [-0.3, -0.25) is 4.68 Å². The normalized spacial score (nSPS) is 15.8. The van der Waals surface area contributed by atoms with E-state index in [9.17, 15) is 0 Å². The average molecular weight is 373 g/mol. The minimum Gasteiger partial charge on any atom is -0.340 e. The summed E-state index contributed by atoms with van der Waals surface area (Å²) in [5.74, 6) is 1.42. The van der Waals surface area contributed by atoms with Crippen molar-refractivity contribution in [3.63, 3.8) is 0 Å². The highest BCUT2D eigenvalue weighted by Gasteiger charge is 2.28. The lowest BCUT2D eigenvalue weighted by Crippen LogP contribution is -2.49. The van der Waals surface area contributed by atoms with Gasteiger partial charge in [-0.05, 0) is 31.9 Å². The molecule has 2 aromatic heterocycles. The van der Waals surface area contributed by atoms with E-state index in [1.165, 1.54) is 0 Å². The Morgan fingerprint density at radius 3 is 2.44 bits per heavy atom. The first-order chi connectivity index (χ1) is 8.70. The van der Waals surface area contributed by atoms with Gasteiger partial charge in [-0.25, -0.2) is 9.97 Å². The lowest BCUT2D eigenvalue weighted by molar-refractivity contribution is 0.338. The molecule has 0 bridgehead atoms. The van der Waals surface area contributed by atoms with Gasteiger partial charge in [0.1, 0.15) is 0 Å². The molecule has 0 spiro atoms. The molecule has 0 unspecified atom stereocenters. The first kappa shape index (κ1) is 12.1. The van der Waals surface area contributed by atoms with Gasteiger partial charge in [-0.15, -0.1) is 0 Å². The molecule has 7 heteroatoms. The van der Waals surface area contributed by atoms with Crippen LogP contribution in [0.25, 0.3) is 0 Å². The van der Waals surface area contributed by atoms with Crippen LogP contribution < -0.4 is 4.90 Å². The molecule has 0 atom stereocenters. The third-order valence-corrected chi connectivity index (χ3v) is 3.71. The summed E-state index contributed by atoms with van der Waals surface area (Å²) in [7, 11) is 0. The summed E-state index contributed by atoms with van der Waals surface area (Å²) in [5.41, 5.74) is 0. The Labute approximate surface area is 121 Å². The monoisotopic (exact) mass is 371 g/mol. The summed E-state index contributed by atoms with van der Waals surface area (Å²) in [6.07, 6.45) is 7.37. The number of halogens is 2. The topological polar surface area (TPSA) is 46.8 Å². The van der Waals surface area contributed by atoms with E-state index in [-0.39, 0.29) is 0 Å². The maximum atomic E-state index is 4.28. The molecule has 0 radical (unpaired) electrons. The van der Waals surface area contributed by atoms with Gasteiger partial charge in [0.2, 0.25) is 5.95 Å². The molecule has 1 fully saturated rings. The fourth-order valence-corrected chi connectivity index (χ4v) is 2.55. The number of hydrogen-bond donors (Lipinski definition) is 0. The van der Waals surface area contributed by atoms with Crippen LogP contribution in [0.2, 0.25) is 0 Å². The summed E-state index contributed by atoms with van der Waals surface area (Å²) in [4.78, 5) is 10.7. The van der Waals surface area contributed by atoms with Crippen molar-refractivity contribution in [2.75, 3.05) is 18.0 Å². The molecule has 0 aliphatic carbocycles. The van der Waals surface area contributed by atoms with Crippen LogP contribution in [0, 0.1) is 5.92 Å². The van der Waals surface area contributed by atoms with Crippen LogP contribution in [0.5, 0.6) is 0 Å². The number of anilines is 1. The van der Waals surface area contributed by atoms with Crippen molar-refractivity contribution in [3.05, 3.63) is 33.7 Å². The highest BCUT2D eigenvalue weighted by atomic mass is 79.9. The number of rotatable bonds is 3. The van der Waals surface area contributed by atoms with E-state index in [0.29, 0.717) is 5.92 Å². The van der Waals surface area contributed by atoms with Crippen LogP contribution in [-0.2, 0) is 6.54 Å². The second kappa shape index (κ2) is 4.97. The van der Waals surface area contributed by atoms with Gasteiger partial charge in [0, 0.05) is 44.1 Å². The second-order valence-electron chi connectivity index (χ2n) is 4.35. The molecule has 0 amide bonds. The molecule has 1 aliphatic rings. The van der Waals surface area contributed by atoms with Crippen molar-refractivity contribution < 1.29 is 0 Å². The zero-order valence-corrected chi connectivity index (χ0v) is 12.7. The van der Waals surface area contributed by atoms with Crippen molar-refractivity contribution in [2.45, 2.75) is 6.54 Å². The van der Waals surface area contributed by atoms with Crippen molar-refractivity contribution in [1.29, 1.82) is 0 Å². The molecule has 0 N–H and O–H groups in total. The minimum absolute atomic E-state index is 0.615. The Kier molecular flexibility index (Phi) is 3.34. The highest BCUT2D eigenvalue weighted by molar-refractivity contribution is 9.10. The van der Waals surface area contributed by atoms with E-state index < -0.39 is 0 Å². The van der Waals surface area contributed by atoms with Crippen molar-refractivity contribution in [2.24, 2.45) is 5.92 Å². The van der Waals surface area contributed by atoms with E-state index >= 15 is 0 Å². The van der Waals surface area contributed by atoms with E-state index in [2.05, 4.69) is 51.8 Å². The molecule has 2 aromatic rings. The van der Waals surface area contributed by atoms with Crippen LogP contribution in [0.15, 0.2) is 33.7 Å². The molecular weight excluding hydrogens is 362 g/mol. The van der Waals surface area contributed by atoms with E-state index in [4.69, 9.17) is 0 Å². The molecule has 0 saturated carbocycles. The maximum Gasteiger partial charge on any atom is 0.225 e. The average Bonchev–Trinajstić information content (AvgIpc) is 2.71. The van der Waals surface area contributed by atoms with E-state index in [1.807, 2.05) is 17.1 Å². The fourth-order valence-electron chi connectivity index (χ4n) is 2.02. The lowest BCUT2D eigenvalue weighted by atomic mass is 10.0. The van der Waals surface area contributed by atoms with E-state index in [1.54, 1.807) is 12.4 Å². The van der Waals surface area contributed by atoms with Crippen LogP contribution >= 0.6 is 31.9 Å². The summed E-state index contributed by atoms with van der Waals surface area (Å²) in [5, 5.41) is 4.26. The predicted molar refractivity (Wildman–Crippen MR) is 75.4 cm³/mol. The Balaban J connectivity index is 1.55. The van der Waals surface area contributed by atoms with Gasteiger partial charge in [-0.2, -0.15) is 5.10 Å². The largest absolute Gasteiger partial charge is 0.340 e. The molecule has 94 valence electrons. The van der Waals surface area contributed by atoms with Crippen LogP contribution in [0.4, 0.5) is 5.95 Å². The van der Waals surface area contributed by atoms with Gasteiger partial charge in [0.25, 0.3) is 0 Å². The zero-order valence-electron chi connectivity index (χ0n) is 9.50. The van der Waals surface area contributed by atoms with Gasteiger partial charge >= 0.3 is 0 Å². The van der Waals surface area contributed by atoms with Gasteiger partial charge in [-0.1, -0.05) is 0 Å². The summed E-state index contributed by atoms with van der Waals surface area (Å²) < 4.78 is 3.90. The Morgan fingerprint density at radius 2 is 1.83 bits per heavy atom. The van der Waals surface area contributed by atoms with E-state index in [0.717, 1.165) is 34.5 Å². The predicted octanol–water partition coefficient (Wildman–Crippen LogP) is 2.33. The Hall–Kier alpha value is -0.950. The standard InChI is InChI=1S/C11H11Br2N5/c12-9-1-14-11(15-2-9)17-4-8(5-17)6-18-7-10(13)3-16-18/h1-3,7-8H,4-6H2. The molecule has 3 heterocycles. The third kappa shape index (κ3) is 2.56. The summed E-state index contributed by atoms with van der Waals surface area (Å²) >= 11 is 6.73. The summed E-state index contributed by atoms with van der Waals surface area (Å²) in [6, 6.07) is 0. The quantitative estimate of drug-likeness (QED) is 0.829. The Morgan fingerprint density at radius 1 is 1.11 bits per heavy atom. The van der Waals surface area contributed by atoms with Crippen LogP contribution in [-0.4, -0.2) is 32.8 Å². The maximum absolute atomic E-state index is 4.28. The molecular formula is C11H11Br2N5. The molecule has 3 rings (SSSR count). The number of aromatic nitrogens is 4. The molecule has 5 nitrogen and oxygen atoms in total. The minimum atomic E-state index is 0.615. The molecule has 0 aromatic carbocycles. The highest BCUT2D eigenvalue weighted by Crippen LogP contribution is 2.23. The van der Waals surface area contributed by atoms with Crippen molar-refractivity contribution in [1.82, 2.24) is 19.7 Å². The smallest absolute Gasteiger partial charge is 0.225 e. The zero-order chi connectivity index (χ0) is 12.5. The van der Waals surface area contributed by atoms with Gasteiger partial charge in [0.05, 0.1) is 15.1 Å². The molecule has 1 saturated heterocycles. The first-order valence-electron chi connectivity index (χ1n) is 5.61. The second-order valence-corrected chi connectivity index (χ2v) is 6.18. The van der Waals surface area contributed by atoms with Gasteiger partial charge < -0.3 is 4.90 Å². The fraction of sp³-hybridized carbons (Fsp3) is 0.364. The summed E-state index contributed by atoms with van der Waals surface area (Å²) in [6.45, 7) is 2.91. The number of nitrogens with zero attached hydrogens (tertiary/aromatic N) is 5. The number of hydrogen-bond acceptors (Lipinski definition) is 4. The van der Waals surface area contributed by atoms with Crippen LogP contribution in [0.3, 0.4) is 0 Å². The lowest BCUT2D eigenvalue weighted by Gasteiger charge is -2.39.